The Kier molecular flexibility index (Phi) is 4.75. The fourth-order valence-corrected chi connectivity index (χ4v) is 2.26. The summed E-state index contributed by atoms with van der Waals surface area (Å²) in [7, 11) is 0. The van der Waals surface area contributed by atoms with Crippen LogP contribution in [-0.2, 0) is 6.18 Å². The number of hydrogen-bond donors (Lipinski definition) is 2. The molecule has 4 nitrogen and oxygen atoms in total. The van der Waals surface area contributed by atoms with Crippen LogP contribution in [0.25, 0.3) is 0 Å². The number of hydrogen-bond acceptors (Lipinski definition) is 4. The van der Waals surface area contributed by atoms with Gasteiger partial charge in [-0.05, 0) is 43.3 Å². The van der Waals surface area contributed by atoms with Gasteiger partial charge in [-0.15, -0.1) is 0 Å². The molecule has 26 heavy (non-hydrogen) atoms. The monoisotopic (exact) mass is 362 g/mol. The molecular weight excluding hydrogens is 348 g/mol. The lowest BCUT2D eigenvalue weighted by atomic mass is 10.2. The van der Waals surface area contributed by atoms with Crippen LogP contribution in [0, 0.1) is 12.7 Å². The molecule has 134 valence electrons. The number of nitrogens with zero attached hydrogens (tertiary/aromatic N) is 2. The van der Waals surface area contributed by atoms with Gasteiger partial charge >= 0.3 is 6.18 Å². The Labute approximate surface area is 146 Å². The fourth-order valence-electron chi connectivity index (χ4n) is 2.26. The lowest BCUT2D eigenvalue weighted by Crippen LogP contribution is -2.05. The summed E-state index contributed by atoms with van der Waals surface area (Å²) in [5.74, 6) is 0.113. The molecule has 0 aliphatic carbocycles. The average molecular weight is 362 g/mol. The van der Waals surface area contributed by atoms with Crippen molar-refractivity contribution in [1.82, 2.24) is 9.97 Å². The van der Waals surface area contributed by atoms with E-state index in [1.54, 1.807) is 31.2 Å². The molecule has 0 saturated carbocycles. The molecule has 0 amide bonds. The van der Waals surface area contributed by atoms with Gasteiger partial charge in [0.2, 0.25) is 5.95 Å². The van der Waals surface area contributed by atoms with Crippen molar-refractivity contribution in [2.45, 2.75) is 13.1 Å². The molecule has 1 heterocycles. The highest BCUT2D eigenvalue weighted by molar-refractivity contribution is 5.60. The molecule has 8 heteroatoms. The average Bonchev–Trinajstić information content (AvgIpc) is 2.56. The largest absolute Gasteiger partial charge is 0.416 e. The number of halogens is 4. The maximum Gasteiger partial charge on any atom is 0.416 e. The Balaban J connectivity index is 1.80. The molecule has 3 aromatic rings. The zero-order chi connectivity index (χ0) is 18.7. The molecule has 2 N–H and O–H groups in total. The molecule has 0 spiro atoms. The number of nitrogens with one attached hydrogen (secondary N) is 2. The minimum atomic E-state index is -4.39. The van der Waals surface area contributed by atoms with Gasteiger partial charge in [0.05, 0.1) is 11.3 Å². The van der Waals surface area contributed by atoms with Crippen LogP contribution < -0.4 is 10.6 Å². The van der Waals surface area contributed by atoms with E-state index in [4.69, 9.17) is 0 Å². The van der Waals surface area contributed by atoms with Gasteiger partial charge in [0.25, 0.3) is 0 Å². The number of aryl methyl sites for hydroxylation is 1. The van der Waals surface area contributed by atoms with Crippen molar-refractivity contribution in [3.63, 3.8) is 0 Å². The molecule has 0 radical (unpaired) electrons. The first-order valence-corrected chi connectivity index (χ1v) is 7.63. The van der Waals surface area contributed by atoms with Gasteiger partial charge in [0.1, 0.15) is 11.6 Å². The highest BCUT2D eigenvalue weighted by atomic mass is 19.4. The van der Waals surface area contributed by atoms with Crippen molar-refractivity contribution in [2.75, 3.05) is 10.6 Å². The quantitative estimate of drug-likeness (QED) is 0.608. The standard InChI is InChI=1S/C18H14F4N4/c1-11-10-16(25-15-5-3-2-4-14(15)19)26-17(23-11)24-13-8-6-12(7-9-13)18(20,21)22/h2-10H,1H3,(H2,23,24,25,26). The Morgan fingerprint density at radius 2 is 1.58 bits per heavy atom. The smallest absolute Gasteiger partial charge is 0.338 e. The molecule has 2 aromatic carbocycles. The SMILES string of the molecule is Cc1cc(Nc2ccccc2F)nc(Nc2ccc(C(F)(F)F)cc2)n1. The summed E-state index contributed by atoms with van der Waals surface area (Å²) in [5.41, 5.74) is 0.523. The number of anilines is 4. The highest BCUT2D eigenvalue weighted by Gasteiger charge is 2.29. The minimum Gasteiger partial charge on any atom is -0.338 e. The summed E-state index contributed by atoms with van der Waals surface area (Å²) in [4.78, 5) is 8.40. The van der Waals surface area contributed by atoms with Crippen LogP contribution in [0.5, 0.6) is 0 Å². The zero-order valence-electron chi connectivity index (χ0n) is 13.6. The summed E-state index contributed by atoms with van der Waals surface area (Å²) in [6.45, 7) is 1.73. The third kappa shape index (κ3) is 4.27. The normalized spacial score (nSPS) is 11.3. The minimum absolute atomic E-state index is 0.184. The van der Waals surface area contributed by atoms with Crippen LogP contribution >= 0.6 is 0 Å². The lowest BCUT2D eigenvalue weighted by molar-refractivity contribution is -0.137. The van der Waals surface area contributed by atoms with Gasteiger partial charge < -0.3 is 10.6 Å². The maximum atomic E-state index is 13.7. The molecule has 0 aliphatic heterocycles. The summed E-state index contributed by atoms with van der Waals surface area (Å²) in [6, 6.07) is 12.3. The number of benzene rings is 2. The van der Waals surface area contributed by atoms with Crippen molar-refractivity contribution in [3.8, 4) is 0 Å². The predicted octanol–water partition coefficient (Wildman–Crippen LogP) is 5.43. The van der Waals surface area contributed by atoms with Crippen molar-refractivity contribution in [1.29, 1.82) is 0 Å². The number of rotatable bonds is 4. The van der Waals surface area contributed by atoms with E-state index in [9.17, 15) is 17.6 Å². The van der Waals surface area contributed by atoms with E-state index in [1.807, 2.05) is 0 Å². The Hall–Kier alpha value is -3.16. The van der Waals surface area contributed by atoms with Gasteiger partial charge in [0, 0.05) is 17.4 Å². The fraction of sp³-hybridized carbons (Fsp3) is 0.111. The maximum absolute atomic E-state index is 13.7. The summed E-state index contributed by atoms with van der Waals surface area (Å²) >= 11 is 0. The molecule has 0 unspecified atom stereocenters. The van der Waals surface area contributed by atoms with E-state index in [2.05, 4.69) is 20.6 Å². The van der Waals surface area contributed by atoms with Crippen molar-refractivity contribution >= 4 is 23.1 Å². The van der Waals surface area contributed by atoms with Gasteiger partial charge in [-0.2, -0.15) is 18.2 Å². The van der Waals surface area contributed by atoms with Crippen molar-refractivity contribution in [3.05, 3.63) is 71.7 Å². The number of alkyl halides is 3. The highest BCUT2D eigenvalue weighted by Crippen LogP contribution is 2.30. The van der Waals surface area contributed by atoms with Crippen LogP contribution in [0.3, 0.4) is 0 Å². The second-order valence-electron chi connectivity index (χ2n) is 5.52. The van der Waals surface area contributed by atoms with E-state index in [0.717, 1.165) is 12.1 Å². The third-order valence-electron chi connectivity index (χ3n) is 3.46. The van der Waals surface area contributed by atoms with E-state index in [0.29, 0.717) is 17.2 Å². The first kappa shape index (κ1) is 17.7. The van der Waals surface area contributed by atoms with Crippen molar-refractivity contribution < 1.29 is 17.6 Å². The summed E-state index contributed by atoms with van der Waals surface area (Å²) in [5, 5.41) is 5.69. The molecular formula is C18H14F4N4. The topological polar surface area (TPSA) is 49.8 Å². The molecule has 0 aliphatic rings. The second kappa shape index (κ2) is 6.99. The Bertz CT molecular complexity index is 908. The second-order valence-corrected chi connectivity index (χ2v) is 5.52. The zero-order valence-corrected chi connectivity index (χ0v) is 13.6. The van der Waals surface area contributed by atoms with Crippen LogP contribution in [0.2, 0.25) is 0 Å². The predicted molar refractivity (Wildman–Crippen MR) is 91.2 cm³/mol. The van der Waals surface area contributed by atoms with Gasteiger partial charge in [-0.25, -0.2) is 9.37 Å². The Morgan fingerprint density at radius 1 is 0.885 bits per heavy atom. The molecule has 0 saturated heterocycles. The van der Waals surface area contributed by atoms with Gasteiger partial charge in [-0.3, -0.25) is 0 Å². The Morgan fingerprint density at radius 3 is 2.23 bits per heavy atom. The van der Waals surface area contributed by atoms with E-state index in [-0.39, 0.29) is 11.6 Å². The lowest BCUT2D eigenvalue weighted by Gasteiger charge is -2.11. The van der Waals surface area contributed by atoms with E-state index >= 15 is 0 Å². The first-order chi connectivity index (χ1) is 12.3. The van der Waals surface area contributed by atoms with Gasteiger partial charge in [-0.1, -0.05) is 12.1 Å². The molecule has 0 fully saturated rings. The molecule has 0 bridgehead atoms. The third-order valence-corrected chi connectivity index (χ3v) is 3.46. The molecule has 1 aromatic heterocycles. The van der Waals surface area contributed by atoms with Crippen LogP contribution in [0.15, 0.2) is 54.6 Å². The van der Waals surface area contributed by atoms with Crippen molar-refractivity contribution in [2.24, 2.45) is 0 Å². The first-order valence-electron chi connectivity index (χ1n) is 7.63. The summed E-state index contributed by atoms with van der Waals surface area (Å²) in [6.07, 6.45) is -4.39. The molecule has 3 rings (SSSR count). The molecule has 0 atom stereocenters. The number of para-hydroxylation sites is 1. The van der Waals surface area contributed by atoms with E-state index < -0.39 is 17.6 Å². The van der Waals surface area contributed by atoms with Crippen LogP contribution in [0.1, 0.15) is 11.3 Å². The van der Waals surface area contributed by atoms with Crippen LogP contribution in [0.4, 0.5) is 40.7 Å². The van der Waals surface area contributed by atoms with E-state index in [1.165, 1.54) is 18.2 Å². The summed E-state index contributed by atoms with van der Waals surface area (Å²) < 4.78 is 51.6. The van der Waals surface area contributed by atoms with Crippen LogP contribution in [-0.4, -0.2) is 9.97 Å². The number of aromatic nitrogens is 2. The van der Waals surface area contributed by atoms with Gasteiger partial charge in [0.15, 0.2) is 0 Å².